The number of imidazole rings is 1. The molecule has 0 saturated carbocycles. The summed E-state index contributed by atoms with van der Waals surface area (Å²) in [5.74, 6) is -0.232. The van der Waals surface area contributed by atoms with Crippen LogP contribution in [0, 0.1) is 0 Å². The van der Waals surface area contributed by atoms with Gasteiger partial charge >= 0.3 is 0 Å². The molecule has 3 N–H and O–H groups in total. The van der Waals surface area contributed by atoms with Crippen molar-refractivity contribution in [2.45, 2.75) is 25.1 Å². The van der Waals surface area contributed by atoms with Crippen LogP contribution in [0.1, 0.15) is 16.8 Å². The highest BCUT2D eigenvalue weighted by molar-refractivity contribution is 5.97. The minimum Gasteiger partial charge on any atom is -0.395 e. The molecular weight excluding hydrogens is 286 g/mol. The zero-order chi connectivity index (χ0) is 15.5. The number of carbonyl (C=O) groups excluding carboxylic acids is 1. The zero-order valence-electron chi connectivity index (χ0n) is 12.1. The van der Waals surface area contributed by atoms with Gasteiger partial charge in [-0.2, -0.15) is 0 Å². The van der Waals surface area contributed by atoms with Crippen molar-refractivity contribution in [2.24, 2.45) is 0 Å². The first kappa shape index (κ1) is 15.0. The second-order valence-corrected chi connectivity index (χ2v) is 5.38. The van der Waals surface area contributed by atoms with E-state index >= 15 is 0 Å². The number of ether oxygens (including phenoxy) is 1. The summed E-state index contributed by atoms with van der Waals surface area (Å²) in [5.41, 5.74) is 2.07. The fourth-order valence-electron chi connectivity index (χ4n) is 2.63. The molecule has 0 unspecified atom stereocenters. The number of aliphatic hydroxyl groups is 2. The van der Waals surface area contributed by atoms with Crippen LogP contribution in [0.3, 0.4) is 0 Å². The molecule has 1 aliphatic rings. The van der Waals surface area contributed by atoms with E-state index in [4.69, 9.17) is 9.84 Å². The predicted molar refractivity (Wildman–Crippen MR) is 79.5 cm³/mol. The number of rotatable bonds is 4. The lowest BCUT2D eigenvalue weighted by molar-refractivity contribution is -0.0260. The van der Waals surface area contributed by atoms with E-state index < -0.39 is 6.10 Å². The number of hydrogen-bond acceptors (Lipinski definition) is 5. The molecule has 1 aromatic carbocycles. The molecule has 0 spiro atoms. The Labute approximate surface area is 127 Å². The average Bonchev–Trinajstić information content (AvgIpc) is 2.92. The van der Waals surface area contributed by atoms with Crippen molar-refractivity contribution in [1.82, 2.24) is 14.9 Å². The summed E-state index contributed by atoms with van der Waals surface area (Å²) in [7, 11) is 0. The van der Waals surface area contributed by atoms with Gasteiger partial charge in [-0.3, -0.25) is 4.79 Å². The number of benzene rings is 1. The SMILES string of the molecule is O=C(N[C@@H]1CCOC[C@H]1O)c1ccc2c(c1)ncn2CCO. The lowest BCUT2D eigenvalue weighted by Gasteiger charge is -2.28. The third-order valence-corrected chi connectivity index (χ3v) is 3.87. The van der Waals surface area contributed by atoms with E-state index in [-0.39, 0.29) is 25.2 Å². The molecule has 118 valence electrons. The third-order valence-electron chi connectivity index (χ3n) is 3.87. The Bertz CT molecular complexity index is 670. The quantitative estimate of drug-likeness (QED) is 0.733. The minimum absolute atomic E-state index is 0.0370. The molecule has 1 aromatic heterocycles. The van der Waals surface area contributed by atoms with Gasteiger partial charge < -0.3 is 24.8 Å². The second-order valence-electron chi connectivity index (χ2n) is 5.38. The van der Waals surface area contributed by atoms with Crippen molar-refractivity contribution in [1.29, 1.82) is 0 Å². The van der Waals surface area contributed by atoms with Gasteiger partial charge in [0.2, 0.25) is 0 Å². The van der Waals surface area contributed by atoms with E-state index in [9.17, 15) is 9.90 Å². The van der Waals surface area contributed by atoms with Crippen LogP contribution in [0.2, 0.25) is 0 Å². The van der Waals surface area contributed by atoms with Crippen LogP contribution in [-0.4, -0.2) is 57.6 Å². The number of nitrogens with zero attached hydrogens (tertiary/aromatic N) is 2. The van der Waals surface area contributed by atoms with E-state index in [0.29, 0.717) is 30.7 Å². The van der Waals surface area contributed by atoms with Crippen LogP contribution in [0.5, 0.6) is 0 Å². The highest BCUT2D eigenvalue weighted by atomic mass is 16.5. The van der Waals surface area contributed by atoms with E-state index in [0.717, 1.165) is 5.52 Å². The Kier molecular flexibility index (Phi) is 4.37. The smallest absolute Gasteiger partial charge is 0.251 e. The standard InChI is InChI=1S/C15H19N3O4/c19-5-4-18-9-16-12-7-10(1-2-13(12)18)15(21)17-11-3-6-22-8-14(11)20/h1-2,7,9,11,14,19-20H,3-6,8H2,(H,17,21)/t11-,14-/m1/s1. The van der Waals surface area contributed by atoms with Crippen molar-refractivity contribution in [2.75, 3.05) is 19.8 Å². The molecule has 1 aliphatic heterocycles. The number of carbonyl (C=O) groups is 1. The summed E-state index contributed by atoms with van der Waals surface area (Å²) in [6.45, 7) is 1.29. The van der Waals surface area contributed by atoms with Crippen LogP contribution in [0.25, 0.3) is 11.0 Å². The van der Waals surface area contributed by atoms with Crippen molar-refractivity contribution >= 4 is 16.9 Å². The predicted octanol–water partition coefficient (Wildman–Crippen LogP) is -0.0918. The molecule has 3 rings (SSSR count). The summed E-state index contributed by atoms with van der Waals surface area (Å²) >= 11 is 0. The van der Waals surface area contributed by atoms with E-state index in [2.05, 4.69) is 10.3 Å². The minimum atomic E-state index is -0.676. The van der Waals surface area contributed by atoms with Gasteiger partial charge in [0.1, 0.15) is 0 Å². The van der Waals surface area contributed by atoms with Gasteiger partial charge in [0, 0.05) is 18.7 Å². The number of hydrogen-bond donors (Lipinski definition) is 3. The van der Waals surface area contributed by atoms with Crippen LogP contribution < -0.4 is 5.32 Å². The lowest BCUT2D eigenvalue weighted by Crippen LogP contribution is -2.48. The van der Waals surface area contributed by atoms with Crippen molar-refractivity contribution in [3.63, 3.8) is 0 Å². The molecule has 22 heavy (non-hydrogen) atoms. The summed E-state index contributed by atoms with van der Waals surface area (Å²) in [6, 6.07) is 4.96. The van der Waals surface area contributed by atoms with Gasteiger partial charge in [-0.15, -0.1) is 0 Å². The van der Waals surface area contributed by atoms with Gasteiger partial charge in [-0.05, 0) is 24.6 Å². The van der Waals surface area contributed by atoms with Gasteiger partial charge in [0.15, 0.2) is 0 Å². The molecular formula is C15H19N3O4. The number of aliphatic hydroxyl groups excluding tert-OH is 2. The topological polar surface area (TPSA) is 96.6 Å². The maximum Gasteiger partial charge on any atom is 0.251 e. The van der Waals surface area contributed by atoms with Crippen LogP contribution in [-0.2, 0) is 11.3 Å². The first-order valence-corrected chi connectivity index (χ1v) is 7.31. The monoisotopic (exact) mass is 305 g/mol. The average molecular weight is 305 g/mol. The second kappa shape index (κ2) is 6.43. The highest BCUT2D eigenvalue weighted by Gasteiger charge is 2.25. The Morgan fingerprint density at radius 2 is 2.36 bits per heavy atom. The maximum absolute atomic E-state index is 12.3. The zero-order valence-corrected chi connectivity index (χ0v) is 12.1. The third kappa shape index (κ3) is 2.96. The Hall–Kier alpha value is -1.96. The number of amides is 1. The first-order chi connectivity index (χ1) is 10.7. The van der Waals surface area contributed by atoms with Crippen LogP contribution in [0.4, 0.5) is 0 Å². The molecule has 0 aliphatic carbocycles. The molecule has 2 atom stereocenters. The summed E-state index contributed by atoms with van der Waals surface area (Å²) in [6.07, 6.45) is 1.57. The largest absolute Gasteiger partial charge is 0.395 e. The fraction of sp³-hybridized carbons (Fsp3) is 0.467. The molecule has 1 saturated heterocycles. The molecule has 1 amide bonds. The molecule has 1 fully saturated rings. The van der Waals surface area contributed by atoms with Gasteiger partial charge in [0.05, 0.1) is 42.7 Å². The Morgan fingerprint density at radius 1 is 1.50 bits per heavy atom. The summed E-state index contributed by atoms with van der Waals surface area (Å²) < 4.78 is 6.98. The van der Waals surface area contributed by atoms with Crippen molar-refractivity contribution in [3.05, 3.63) is 30.1 Å². The molecule has 2 heterocycles. The van der Waals surface area contributed by atoms with Crippen molar-refractivity contribution < 1.29 is 19.7 Å². The molecule has 7 heteroatoms. The highest BCUT2D eigenvalue weighted by Crippen LogP contribution is 2.16. The van der Waals surface area contributed by atoms with Gasteiger partial charge in [-0.1, -0.05) is 0 Å². The summed E-state index contributed by atoms with van der Waals surface area (Å²) in [4.78, 5) is 16.5. The van der Waals surface area contributed by atoms with Gasteiger partial charge in [-0.25, -0.2) is 4.98 Å². The fourth-order valence-corrected chi connectivity index (χ4v) is 2.63. The van der Waals surface area contributed by atoms with Crippen molar-refractivity contribution in [3.8, 4) is 0 Å². The molecule has 0 bridgehead atoms. The summed E-state index contributed by atoms with van der Waals surface area (Å²) in [5, 5.41) is 21.7. The molecule has 7 nitrogen and oxygen atoms in total. The molecule has 0 radical (unpaired) electrons. The number of aromatic nitrogens is 2. The normalized spacial score (nSPS) is 21.9. The van der Waals surface area contributed by atoms with Crippen LogP contribution in [0.15, 0.2) is 24.5 Å². The Morgan fingerprint density at radius 3 is 3.14 bits per heavy atom. The number of fused-ring (bicyclic) bond motifs is 1. The lowest BCUT2D eigenvalue weighted by atomic mass is 10.1. The van der Waals surface area contributed by atoms with E-state index in [1.165, 1.54) is 0 Å². The maximum atomic E-state index is 12.3. The first-order valence-electron chi connectivity index (χ1n) is 7.31. The van der Waals surface area contributed by atoms with Crippen LogP contribution >= 0.6 is 0 Å². The molecule has 2 aromatic rings. The Balaban J connectivity index is 1.76. The van der Waals surface area contributed by atoms with E-state index in [1.807, 2.05) is 10.6 Å². The van der Waals surface area contributed by atoms with E-state index in [1.54, 1.807) is 18.5 Å². The number of nitrogens with one attached hydrogen (secondary N) is 1. The van der Waals surface area contributed by atoms with Gasteiger partial charge in [0.25, 0.3) is 5.91 Å².